The van der Waals surface area contributed by atoms with Gasteiger partial charge in [0.25, 0.3) is 0 Å². The van der Waals surface area contributed by atoms with Crippen LogP contribution >= 0.6 is 11.3 Å². The van der Waals surface area contributed by atoms with Crippen LogP contribution in [0, 0.1) is 5.92 Å². The molecule has 1 unspecified atom stereocenters. The van der Waals surface area contributed by atoms with E-state index in [0.29, 0.717) is 18.9 Å². The van der Waals surface area contributed by atoms with E-state index in [9.17, 15) is 4.79 Å². The molecule has 1 atom stereocenters. The van der Waals surface area contributed by atoms with Crippen molar-refractivity contribution in [3.8, 4) is 0 Å². The monoisotopic (exact) mass is 326 g/mol. The fourth-order valence-electron chi connectivity index (χ4n) is 1.78. The van der Waals surface area contributed by atoms with Gasteiger partial charge in [-0.05, 0) is 33.1 Å². The first kappa shape index (κ1) is 18.8. The Labute approximate surface area is 136 Å². The predicted molar refractivity (Wildman–Crippen MR) is 89.5 cm³/mol. The van der Waals surface area contributed by atoms with Crippen LogP contribution in [0.5, 0.6) is 0 Å². The van der Waals surface area contributed by atoms with Crippen molar-refractivity contribution >= 4 is 23.5 Å². The Balaban J connectivity index is 2.78. The first-order chi connectivity index (χ1) is 10.2. The molecule has 1 aromatic rings. The van der Waals surface area contributed by atoms with Crippen LogP contribution in [0.2, 0.25) is 0 Å². The Kier molecular flexibility index (Phi) is 7.16. The Morgan fingerprint density at radius 2 is 2.14 bits per heavy atom. The molecule has 0 saturated carbocycles. The van der Waals surface area contributed by atoms with Crippen molar-refractivity contribution in [2.24, 2.45) is 10.9 Å². The van der Waals surface area contributed by atoms with Crippen molar-refractivity contribution in [2.45, 2.75) is 59.3 Å². The number of nitrogens with zero attached hydrogens (tertiary/aromatic N) is 2. The molecule has 0 aliphatic heterocycles. The molecule has 1 heterocycles. The van der Waals surface area contributed by atoms with Crippen molar-refractivity contribution in [1.29, 1.82) is 0 Å². The molecule has 0 saturated heterocycles. The molecule has 1 rings (SSSR count). The van der Waals surface area contributed by atoms with Crippen molar-refractivity contribution in [1.82, 2.24) is 4.98 Å². The van der Waals surface area contributed by atoms with Crippen molar-refractivity contribution in [3.63, 3.8) is 0 Å². The summed E-state index contributed by atoms with van der Waals surface area (Å²) >= 11 is 1.51. The van der Waals surface area contributed by atoms with Crippen molar-refractivity contribution in [2.75, 3.05) is 7.11 Å². The minimum Gasteiger partial charge on any atom is -0.458 e. The predicted octanol–water partition coefficient (Wildman–Crippen LogP) is 3.46. The third kappa shape index (κ3) is 7.13. The summed E-state index contributed by atoms with van der Waals surface area (Å²) in [6, 6.07) is -0.492. The fraction of sp³-hybridized carbons (Fsp3) is 0.688. The van der Waals surface area contributed by atoms with Crippen LogP contribution < -0.4 is 0 Å². The maximum absolute atomic E-state index is 12.3. The second-order valence-electron chi connectivity index (χ2n) is 6.55. The van der Waals surface area contributed by atoms with Gasteiger partial charge in [-0.25, -0.2) is 9.78 Å². The average Bonchev–Trinajstić information content (AvgIpc) is 2.80. The van der Waals surface area contributed by atoms with Gasteiger partial charge in [-0.1, -0.05) is 13.8 Å². The van der Waals surface area contributed by atoms with Gasteiger partial charge in [-0.3, -0.25) is 4.99 Å². The highest BCUT2D eigenvalue weighted by atomic mass is 32.1. The first-order valence-electron chi connectivity index (χ1n) is 7.41. The van der Waals surface area contributed by atoms with Gasteiger partial charge < -0.3 is 9.47 Å². The number of carbonyl (C=O) groups is 1. The smallest absolute Gasteiger partial charge is 0.331 e. The van der Waals surface area contributed by atoms with E-state index in [2.05, 4.69) is 23.8 Å². The number of carbonyl (C=O) groups excluding carboxylic acids is 1. The molecule has 1 aromatic heterocycles. The largest absolute Gasteiger partial charge is 0.458 e. The molecule has 0 aliphatic rings. The zero-order valence-corrected chi connectivity index (χ0v) is 15.1. The number of hydrogen-bond donors (Lipinski definition) is 0. The number of thiazole rings is 1. The van der Waals surface area contributed by atoms with Gasteiger partial charge in [0.2, 0.25) is 0 Å². The second-order valence-corrected chi connectivity index (χ2v) is 7.70. The molecule has 0 spiro atoms. The maximum atomic E-state index is 12.3. The molecule has 0 bridgehead atoms. The van der Waals surface area contributed by atoms with Crippen LogP contribution in [-0.4, -0.2) is 35.9 Å². The van der Waals surface area contributed by atoms with Gasteiger partial charge in [0.15, 0.2) is 0 Å². The lowest BCUT2D eigenvalue weighted by atomic mass is 10.0. The number of aromatic nitrogens is 1. The van der Waals surface area contributed by atoms with Crippen LogP contribution in [-0.2, 0) is 20.9 Å². The van der Waals surface area contributed by atoms with Crippen LogP contribution in [0.25, 0.3) is 0 Å². The molecule has 124 valence electrons. The summed E-state index contributed by atoms with van der Waals surface area (Å²) in [4.78, 5) is 21.9. The molecule has 0 radical (unpaired) electrons. The lowest BCUT2D eigenvalue weighted by Gasteiger charge is -2.23. The molecule has 6 heteroatoms. The van der Waals surface area contributed by atoms with Gasteiger partial charge >= 0.3 is 5.97 Å². The van der Waals surface area contributed by atoms with Crippen LogP contribution in [0.1, 0.15) is 50.9 Å². The number of rotatable bonds is 7. The zero-order chi connectivity index (χ0) is 16.8. The third-order valence-electron chi connectivity index (χ3n) is 2.60. The van der Waals surface area contributed by atoms with Gasteiger partial charge in [0.1, 0.15) is 16.7 Å². The summed E-state index contributed by atoms with van der Waals surface area (Å²) in [6.07, 6.45) is 4.07. The number of aliphatic imine (C=N–C) groups is 1. The number of ether oxygens (including phenoxy) is 2. The van der Waals surface area contributed by atoms with E-state index in [1.54, 1.807) is 19.5 Å². The van der Waals surface area contributed by atoms with E-state index in [4.69, 9.17) is 9.47 Å². The molecule has 5 nitrogen and oxygen atoms in total. The molecular formula is C16H26N2O3S. The van der Waals surface area contributed by atoms with Crippen molar-refractivity contribution in [3.05, 3.63) is 16.1 Å². The minimum absolute atomic E-state index is 0.286. The van der Waals surface area contributed by atoms with E-state index in [-0.39, 0.29) is 5.97 Å². The average molecular weight is 326 g/mol. The van der Waals surface area contributed by atoms with E-state index < -0.39 is 11.6 Å². The quantitative estimate of drug-likeness (QED) is 0.568. The Hall–Kier alpha value is -1.27. The zero-order valence-electron chi connectivity index (χ0n) is 14.3. The lowest BCUT2D eigenvalue weighted by molar-refractivity contribution is -0.156. The summed E-state index contributed by atoms with van der Waals surface area (Å²) < 4.78 is 10.5. The van der Waals surface area contributed by atoms with E-state index >= 15 is 0 Å². The van der Waals surface area contributed by atoms with Gasteiger partial charge in [-0.15, -0.1) is 11.3 Å². The summed E-state index contributed by atoms with van der Waals surface area (Å²) in [6.45, 7) is 10.2. The van der Waals surface area contributed by atoms with Gasteiger partial charge in [0, 0.05) is 13.3 Å². The number of esters is 1. The maximum Gasteiger partial charge on any atom is 0.331 e. The van der Waals surface area contributed by atoms with Gasteiger partial charge in [-0.2, -0.15) is 0 Å². The molecular weight excluding hydrogens is 300 g/mol. The number of hydrogen-bond acceptors (Lipinski definition) is 6. The Bertz CT molecular complexity index is 504. The van der Waals surface area contributed by atoms with Crippen LogP contribution in [0.15, 0.2) is 11.2 Å². The second kappa shape index (κ2) is 8.39. The van der Waals surface area contributed by atoms with Crippen LogP contribution in [0.3, 0.4) is 0 Å². The molecule has 0 amide bonds. The summed E-state index contributed by atoms with van der Waals surface area (Å²) in [5.74, 6) is 0.0705. The molecule has 0 fully saturated rings. The molecule has 0 N–H and O–H groups in total. The highest BCUT2D eigenvalue weighted by Gasteiger charge is 2.25. The Morgan fingerprint density at radius 3 is 2.68 bits per heavy atom. The summed E-state index contributed by atoms with van der Waals surface area (Å²) in [5.41, 5.74) is -0.505. The topological polar surface area (TPSA) is 60.8 Å². The van der Waals surface area contributed by atoms with E-state index in [1.807, 2.05) is 20.8 Å². The molecule has 0 aromatic carbocycles. The van der Waals surface area contributed by atoms with E-state index in [0.717, 1.165) is 9.88 Å². The van der Waals surface area contributed by atoms with E-state index in [1.165, 1.54) is 11.3 Å². The fourth-order valence-corrected chi connectivity index (χ4v) is 2.55. The Morgan fingerprint density at radius 1 is 1.45 bits per heavy atom. The standard InChI is InChI=1S/C16H26N2O3S/c1-11(2)7-13(15(19)21-16(3,4)5)17-9-14-18-8-12(22-14)10-20-6/h8-9,11,13H,7,10H2,1-6H3. The highest BCUT2D eigenvalue weighted by Crippen LogP contribution is 2.16. The molecule has 0 aliphatic carbocycles. The van der Waals surface area contributed by atoms with Crippen molar-refractivity contribution < 1.29 is 14.3 Å². The first-order valence-corrected chi connectivity index (χ1v) is 8.22. The summed E-state index contributed by atoms with van der Waals surface area (Å²) in [5, 5.41) is 0.768. The van der Waals surface area contributed by atoms with Gasteiger partial charge in [0.05, 0.1) is 17.7 Å². The summed E-state index contributed by atoms with van der Waals surface area (Å²) in [7, 11) is 1.65. The lowest BCUT2D eigenvalue weighted by Crippen LogP contribution is -2.31. The number of methoxy groups -OCH3 is 1. The minimum atomic E-state index is -0.505. The SMILES string of the molecule is COCc1cnc(C=NC(CC(C)C)C(=O)OC(C)(C)C)s1. The highest BCUT2D eigenvalue weighted by molar-refractivity contribution is 7.13. The molecule has 22 heavy (non-hydrogen) atoms. The van der Waals surface area contributed by atoms with Crippen LogP contribution in [0.4, 0.5) is 0 Å². The normalized spacial score (nSPS) is 13.8. The third-order valence-corrected chi connectivity index (χ3v) is 3.50.